The van der Waals surface area contributed by atoms with E-state index in [-0.39, 0.29) is 0 Å². The third kappa shape index (κ3) is 3.62. The van der Waals surface area contributed by atoms with Gasteiger partial charge in [-0.3, -0.25) is 0 Å². The van der Waals surface area contributed by atoms with E-state index in [0.717, 1.165) is 12.8 Å². The number of nitrogens with zero attached hydrogens (tertiary/aromatic N) is 1. The van der Waals surface area contributed by atoms with Gasteiger partial charge in [-0.25, -0.2) is 0 Å². The first kappa shape index (κ1) is 12.7. The molecule has 0 bridgehead atoms. The fourth-order valence-corrected chi connectivity index (χ4v) is 4.23. The average Bonchev–Trinajstić information content (AvgIpc) is 1.98. The van der Waals surface area contributed by atoms with Gasteiger partial charge in [-0.2, -0.15) is 5.26 Å². The molecule has 1 aliphatic rings. The molecule has 86 valence electrons. The molecule has 0 aromatic heterocycles. The van der Waals surface area contributed by atoms with E-state index >= 15 is 0 Å². The van der Waals surface area contributed by atoms with Gasteiger partial charge in [0.25, 0.3) is 0 Å². The third-order valence-corrected chi connectivity index (χ3v) is 3.87. The molecule has 0 amide bonds. The van der Waals surface area contributed by atoms with Gasteiger partial charge < -0.3 is 4.43 Å². The molecule has 1 fully saturated rings. The van der Waals surface area contributed by atoms with Gasteiger partial charge in [0.2, 0.25) is 0 Å². The van der Waals surface area contributed by atoms with E-state index in [1.54, 1.807) is 0 Å². The van der Waals surface area contributed by atoms with E-state index in [1.165, 1.54) is 6.42 Å². The van der Waals surface area contributed by atoms with Gasteiger partial charge in [0.15, 0.2) is 8.32 Å². The fourth-order valence-electron chi connectivity index (χ4n) is 2.85. The summed E-state index contributed by atoms with van der Waals surface area (Å²) in [6.07, 6.45) is 3.06. The molecule has 0 spiro atoms. The van der Waals surface area contributed by atoms with E-state index in [1.807, 2.05) is 0 Å². The van der Waals surface area contributed by atoms with Crippen LogP contribution in [0.5, 0.6) is 0 Å². The monoisotopic (exact) mass is 225 g/mol. The first-order chi connectivity index (χ1) is 6.76. The van der Waals surface area contributed by atoms with E-state index < -0.39 is 13.9 Å². The van der Waals surface area contributed by atoms with Gasteiger partial charge in [-0.15, -0.1) is 0 Å². The molecule has 0 radical (unpaired) electrons. The van der Waals surface area contributed by atoms with Crippen LogP contribution < -0.4 is 0 Å². The summed E-state index contributed by atoms with van der Waals surface area (Å²) in [5, 5.41) is 9.39. The van der Waals surface area contributed by atoms with Crippen molar-refractivity contribution in [2.45, 2.75) is 58.4 Å². The van der Waals surface area contributed by atoms with Gasteiger partial charge >= 0.3 is 0 Å². The first-order valence-electron chi connectivity index (χ1n) is 5.88. The summed E-state index contributed by atoms with van der Waals surface area (Å²) in [6.45, 7) is 11.0. The number of hydrogen-bond acceptors (Lipinski definition) is 2. The van der Waals surface area contributed by atoms with Crippen LogP contribution in [0.25, 0.3) is 0 Å². The second-order valence-electron chi connectivity index (χ2n) is 6.17. The van der Waals surface area contributed by atoms with Crippen LogP contribution in [-0.4, -0.2) is 13.9 Å². The molecule has 2 unspecified atom stereocenters. The highest BCUT2D eigenvalue weighted by atomic mass is 28.4. The zero-order valence-electron chi connectivity index (χ0n) is 10.6. The van der Waals surface area contributed by atoms with Crippen LogP contribution in [0.4, 0.5) is 0 Å². The van der Waals surface area contributed by atoms with Crippen LogP contribution in [0, 0.1) is 23.2 Å². The highest BCUT2D eigenvalue weighted by Crippen LogP contribution is 2.39. The second-order valence-corrected chi connectivity index (χ2v) is 10.6. The SMILES string of the molecule is CC1CC(C)CC(C#N)(O[Si](C)(C)C)C1. The normalized spacial score (nSPS) is 37.3. The molecule has 2 atom stereocenters. The Morgan fingerprint density at radius 2 is 1.67 bits per heavy atom. The minimum atomic E-state index is -1.62. The minimum Gasteiger partial charge on any atom is -0.400 e. The predicted octanol–water partition coefficient (Wildman–Crippen LogP) is 3.56. The van der Waals surface area contributed by atoms with Crippen molar-refractivity contribution >= 4 is 8.32 Å². The molecule has 3 heteroatoms. The van der Waals surface area contributed by atoms with Crippen LogP contribution in [0.3, 0.4) is 0 Å². The summed E-state index contributed by atoms with van der Waals surface area (Å²) >= 11 is 0. The molecule has 0 aliphatic heterocycles. The van der Waals surface area contributed by atoms with Crippen molar-refractivity contribution in [2.24, 2.45) is 11.8 Å². The summed E-state index contributed by atoms with van der Waals surface area (Å²) in [6, 6.07) is 2.45. The molecule has 0 N–H and O–H groups in total. The van der Waals surface area contributed by atoms with Gasteiger partial charge in [-0.05, 0) is 50.7 Å². The fraction of sp³-hybridized carbons (Fsp3) is 0.917. The molecule has 0 saturated heterocycles. The summed E-state index contributed by atoms with van der Waals surface area (Å²) in [7, 11) is -1.62. The summed E-state index contributed by atoms with van der Waals surface area (Å²) in [5.41, 5.74) is -0.485. The van der Waals surface area contributed by atoms with Gasteiger partial charge in [0.05, 0.1) is 6.07 Å². The Labute approximate surface area is 94.8 Å². The van der Waals surface area contributed by atoms with Crippen LogP contribution in [-0.2, 0) is 4.43 Å². The lowest BCUT2D eigenvalue weighted by molar-refractivity contribution is 0.0337. The smallest absolute Gasteiger partial charge is 0.185 e. The summed E-state index contributed by atoms with van der Waals surface area (Å²) in [5.74, 6) is 1.23. The molecule has 0 aromatic carbocycles. The van der Waals surface area contributed by atoms with Crippen molar-refractivity contribution in [3.05, 3.63) is 0 Å². The molecule has 1 aliphatic carbocycles. The minimum absolute atomic E-state index is 0.485. The molecule has 15 heavy (non-hydrogen) atoms. The van der Waals surface area contributed by atoms with E-state index in [4.69, 9.17) is 4.43 Å². The maximum atomic E-state index is 9.39. The number of hydrogen-bond donors (Lipinski definition) is 0. The van der Waals surface area contributed by atoms with Gasteiger partial charge in [0.1, 0.15) is 5.60 Å². The van der Waals surface area contributed by atoms with Crippen LogP contribution >= 0.6 is 0 Å². The zero-order valence-corrected chi connectivity index (χ0v) is 11.6. The van der Waals surface area contributed by atoms with Gasteiger partial charge in [0, 0.05) is 0 Å². The van der Waals surface area contributed by atoms with Crippen molar-refractivity contribution < 1.29 is 4.43 Å². The topological polar surface area (TPSA) is 33.0 Å². The Balaban J connectivity index is 2.80. The van der Waals surface area contributed by atoms with Crippen LogP contribution in [0.15, 0.2) is 0 Å². The molecule has 1 rings (SSSR count). The van der Waals surface area contributed by atoms with Crippen LogP contribution in [0.2, 0.25) is 19.6 Å². The van der Waals surface area contributed by atoms with Crippen molar-refractivity contribution in [1.29, 1.82) is 5.26 Å². The van der Waals surface area contributed by atoms with Gasteiger partial charge in [-0.1, -0.05) is 13.8 Å². The van der Waals surface area contributed by atoms with Crippen molar-refractivity contribution in [3.63, 3.8) is 0 Å². The molecule has 0 heterocycles. The van der Waals surface area contributed by atoms with E-state index in [9.17, 15) is 5.26 Å². The van der Waals surface area contributed by atoms with Crippen LogP contribution in [0.1, 0.15) is 33.1 Å². The summed E-state index contributed by atoms with van der Waals surface area (Å²) in [4.78, 5) is 0. The second kappa shape index (κ2) is 4.27. The number of nitriles is 1. The molecule has 2 nitrogen and oxygen atoms in total. The quantitative estimate of drug-likeness (QED) is 0.673. The molecular weight excluding hydrogens is 202 g/mol. The highest BCUT2D eigenvalue weighted by Gasteiger charge is 2.41. The largest absolute Gasteiger partial charge is 0.400 e. The molecule has 0 aromatic rings. The Morgan fingerprint density at radius 1 is 1.20 bits per heavy atom. The number of rotatable bonds is 2. The van der Waals surface area contributed by atoms with E-state index in [2.05, 4.69) is 39.6 Å². The van der Waals surface area contributed by atoms with Crippen molar-refractivity contribution in [1.82, 2.24) is 0 Å². The lowest BCUT2D eigenvalue weighted by Gasteiger charge is -2.41. The Morgan fingerprint density at radius 3 is 2.00 bits per heavy atom. The molecular formula is C12H23NOSi. The highest BCUT2D eigenvalue weighted by molar-refractivity contribution is 6.69. The average molecular weight is 225 g/mol. The summed E-state index contributed by atoms with van der Waals surface area (Å²) < 4.78 is 6.13. The lowest BCUT2D eigenvalue weighted by Crippen LogP contribution is -2.46. The lowest BCUT2D eigenvalue weighted by atomic mass is 9.74. The van der Waals surface area contributed by atoms with E-state index in [0.29, 0.717) is 11.8 Å². The van der Waals surface area contributed by atoms with Crippen molar-refractivity contribution in [2.75, 3.05) is 0 Å². The first-order valence-corrected chi connectivity index (χ1v) is 9.28. The third-order valence-electron chi connectivity index (χ3n) is 2.87. The Hall–Kier alpha value is -0.333. The maximum absolute atomic E-state index is 9.39. The Kier molecular flexibility index (Phi) is 3.62. The Bertz CT molecular complexity index is 254. The standard InChI is InChI=1S/C12H23NOSi/c1-10-6-11(2)8-12(7-10,9-13)14-15(3,4)5/h10-11H,6-8H2,1-5H3. The molecule has 1 saturated carbocycles. The zero-order chi connectivity index (χ0) is 11.7. The predicted molar refractivity (Wildman–Crippen MR) is 65.0 cm³/mol. The van der Waals surface area contributed by atoms with Crippen molar-refractivity contribution in [3.8, 4) is 6.07 Å². The maximum Gasteiger partial charge on any atom is 0.185 e.